The Hall–Kier alpha value is -7.00. The molecule has 1 nitrogen and oxygen atoms in total. The Morgan fingerprint density at radius 1 is 0.394 bits per heavy atom. The van der Waals surface area contributed by atoms with Crippen LogP contribution >= 0.6 is 11.3 Å². The van der Waals surface area contributed by atoms with Gasteiger partial charge in [-0.3, -0.25) is 0 Å². The minimum absolute atomic E-state index is 0.00920. The third-order valence-corrected chi connectivity index (χ3v) is 18.0. The smallest absolute Gasteiger partial charge is 0.0713 e. The van der Waals surface area contributed by atoms with Crippen LogP contribution in [0, 0.1) is 0 Å². The number of thiophene rings is 1. The van der Waals surface area contributed by atoms with Crippen LogP contribution in [0.4, 0.5) is 17.1 Å². The van der Waals surface area contributed by atoms with Crippen molar-refractivity contribution in [3.63, 3.8) is 0 Å². The van der Waals surface area contributed by atoms with Gasteiger partial charge >= 0.3 is 0 Å². The first-order valence-electron chi connectivity index (χ1n) is 25.6. The molecule has 348 valence electrons. The maximum atomic E-state index is 2.57. The Labute approximate surface area is 424 Å². The molecule has 0 aliphatic heterocycles. The van der Waals surface area contributed by atoms with Crippen LogP contribution in [0.15, 0.2) is 188 Å². The van der Waals surface area contributed by atoms with E-state index in [1.165, 1.54) is 115 Å². The van der Waals surface area contributed by atoms with Crippen LogP contribution < -0.4 is 4.90 Å². The molecule has 3 aliphatic carbocycles. The lowest BCUT2D eigenvalue weighted by Gasteiger charge is -2.35. The predicted molar refractivity (Wildman–Crippen MR) is 304 cm³/mol. The molecule has 3 aliphatic rings. The molecule has 0 saturated carbocycles. The van der Waals surface area contributed by atoms with E-state index in [2.05, 4.69) is 262 Å². The highest BCUT2D eigenvalue weighted by Gasteiger charge is 2.46. The first-order valence-corrected chi connectivity index (χ1v) is 26.4. The van der Waals surface area contributed by atoms with E-state index in [1.54, 1.807) is 0 Å². The molecule has 0 fully saturated rings. The van der Waals surface area contributed by atoms with Gasteiger partial charge in [0, 0.05) is 47.9 Å². The summed E-state index contributed by atoms with van der Waals surface area (Å²) in [6.45, 7) is 23.8. The van der Waals surface area contributed by atoms with Gasteiger partial charge < -0.3 is 4.90 Å². The number of benzene rings is 9. The molecule has 0 bridgehead atoms. The summed E-state index contributed by atoms with van der Waals surface area (Å²) < 4.78 is 2.78. The van der Waals surface area contributed by atoms with E-state index in [0.717, 1.165) is 11.4 Å². The molecule has 0 spiro atoms. The second kappa shape index (κ2) is 15.0. The van der Waals surface area contributed by atoms with Gasteiger partial charge in [0.15, 0.2) is 0 Å². The largest absolute Gasteiger partial charge is 0.310 e. The van der Waals surface area contributed by atoms with Gasteiger partial charge in [-0.05, 0) is 143 Å². The molecule has 0 atom stereocenters. The predicted octanol–water partition coefficient (Wildman–Crippen LogP) is 19.1. The fourth-order valence-corrected chi connectivity index (χ4v) is 14.6. The average molecular weight is 936 g/mol. The van der Waals surface area contributed by atoms with Crippen LogP contribution in [0.3, 0.4) is 0 Å². The summed E-state index contributed by atoms with van der Waals surface area (Å²) in [5, 5.41) is 2.74. The van der Waals surface area contributed by atoms with Crippen molar-refractivity contribution in [3.8, 4) is 33.4 Å². The maximum Gasteiger partial charge on any atom is 0.0713 e. The minimum Gasteiger partial charge on any atom is -0.310 e. The maximum absolute atomic E-state index is 2.57. The molecule has 2 heteroatoms. The molecular formula is C69H61NS. The van der Waals surface area contributed by atoms with Gasteiger partial charge in [-0.2, -0.15) is 0 Å². The van der Waals surface area contributed by atoms with E-state index in [-0.39, 0.29) is 21.7 Å². The highest BCUT2D eigenvalue weighted by Crippen LogP contribution is 2.60. The van der Waals surface area contributed by atoms with Crippen molar-refractivity contribution in [2.75, 3.05) is 4.90 Å². The molecule has 13 rings (SSSR count). The lowest BCUT2D eigenvalue weighted by molar-refractivity contribution is 0.573. The molecule has 71 heavy (non-hydrogen) atoms. The molecule has 0 N–H and O–H groups in total. The molecule has 1 heterocycles. The number of hydrogen-bond acceptors (Lipinski definition) is 2. The normalized spacial score (nSPS) is 15.5. The summed E-state index contributed by atoms with van der Waals surface area (Å²) >= 11 is 1.98. The Balaban J connectivity index is 1.06. The monoisotopic (exact) mass is 935 g/mol. The third-order valence-electron chi connectivity index (χ3n) is 16.8. The third kappa shape index (κ3) is 6.16. The fraction of sp³-hybridized carbons (Fsp3) is 0.217. The van der Waals surface area contributed by atoms with Crippen LogP contribution in [0.2, 0.25) is 0 Å². The van der Waals surface area contributed by atoms with Gasteiger partial charge in [-0.25, -0.2) is 0 Å². The Bertz CT molecular complexity index is 3780. The zero-order chi connectivity index (χ0) is 49.0. The Morgan fingerprint density at radius 2 is 0.930 bits per heavy atom. The van der Waals surface area contributed by atoms with Gasteiger partial charge in [0.1, 0.15) is 0 Å². The lowest BCUT2D eigenvalue weighted by atomic mass is 9.68. The highest BCUT2D eigenvalue weighted by molar-refractivity contribution is 7.26. The minimum atomic E-state index is -0.480. The number of nitrogens with zero attached hydrogens (tertiary/aromatic N) is 1. The van der Waals surface area contributed by atoms with E-state index in [0.29, 0.717) is 0 Å². The van der Waals surface area contributed by atoms with Gasteiger partial charge in [0.25, 0.3) is 0 Å². The van der Waals surface area contributed by atoms with Crippen LogP contribution in [-0.4, -0.2) is 0 Å². The summed E-state index contributed by atoms with van der Waals surface area (Å²) in [5.41, 5.74) is 24.2. The molecule has 0 unspecified atom stereocenters. The standard InChI is InChI=1S/C69H61NS/c1-65(2,3)44-37-52-51-40-53-59(41-62(51)71-64(52)60(38-44)66(4,5)6)68(9,10)57-29-20-30-61(63(53)57)70(46-35-36-50-47-23-14-17-26-54(47)67(7,8)58(50)39-46)45-33-31-43(32-34-45)69(42-21-12-11-13-22-42)55-27-18-15-24-48(55)49-25-16-19-28-56(49)69/h11-41H,1-10H3. The topological polar surface area (TPSA) is 3.24 Å². The fourth-order valence-electron chi connectivity index (χ4n) is 13.1. The van der Waals surface area contributed by atoms with E-state index in [9.17, 15) is 0 Å². The van der Waals surface area contributed by atoms with Crippen LogP contribution in [0.25, 0.3) is 53.6 Å². The van der Waals surface area contributed by atoms with E-state index >= 15 is 0 Å². The summed E-state index contributed by atoms with van der Waals surface area (Å²) in [5.74, 6) is 0. The van der Waals surface area contributed by atoms with Crippen LogP contribution in [0.5, 0.6) is 0 Å². The van der Waals surface area contributed by atoms with Crippen molar-refractivity contribution in [3.05, 3.63) is 244 Å². The second-order valence-electron chi connectivity index (χ2n) is 23.7. The SMILES string of the molecule is CC(C)(C)c1cc(C(C)(C)C)c2sc3cc4c(cc3c2c1)-c1c(N(c2ccc(C3(c5ccccc5)c5ccccc5-c5ccccc53)cc2)c2ccc3c(c2)C(C)(C)c2ccccc2-3)cccc1C4(C)C. The summed E-state index contributed by atoms with van der Waals surface area (Å²) in [6, 6.07) is 72.3. The molecule has 0 radical (unpaired) electrons. The first-order chi connectivity index (χ1) is 34.0. The first kappa shape index (κ1) is 44.0. The van der Waals surface area contributed by atoms with Crippen molar-refractivity contribution in [1.82, 2.24) is 0 Å². The quantitative estimate of drug-likeness (QED) is 0.166. The summed E-state index contributed by atoms with van der Waals surface area (Å²) in [6.07, 6.45) is 0. The van der Waals surface area contributed by atoms with Crippen LogP contribution in [0.1, 0.15) is 125 Å². The van der Waals surface area contributed by atoms with Crippen molar-refractivity contribution in [2.45, 2.75) is 96.3 Å². The van der Waals surface area contributed by atoms with Gasteiger partial charge in [-0.15, -0.1) is 11.3 Å². The second-order valence-corrected chi connectivity index (χ2v) is 24.8. The molecule has 9 aromatic carbocycles. The molecule has 0 amide bonds. The Morgan fingerprint density at radius 3 is 1.58 bits per heavy atom. The lowest BCUT2D eigenvalue weighted by Crippen LogP contribution is -2.28. The summed E-state index contributed by atoms with van der Waals surface area (Å²) in [4.78, 5) is 2.57. The van der Waals surface area contributed by atoms with E-state index < -0.39 is 5.41 Å². The summed E-state index contributed by atoms with van der Waals surface area (Å²) in [7, 11) is 0. The Kier molecular flexibility index (Phi) is 9.30. The highest BCUT2D eigenvalue weighted by atomic mass is 32.1. The van der Waals surface area contributed by atoms with Crippen molar-refractivity contribution in [1.29, 1.82) is 0 Å². The molecule has 0 saturated heterocycles. The molecule has 1 aromatic heterocycles. The van der Waals surface area contributed by atoms with Crippen LogP contribution in [-0.2, 0) is 27.1 Å². The van der Waals surface area contributed by atoms with Crippen molar-refractivity contribution < 1.29 is 0 Å². The number of hydrogen-bond donors (Lipinski definition) is 0. The van der Waals surface area contributed by atoms with E-state index in [4.69, 9.17) is 0 Å². The zero-order valence-electron chi connectivity index (χ0n) is 42.8. The van der Waals surface area contributed by atoms with Gasteiger partial charge in [0.05, 0.1) is 11.1 Å². The molecule has 10 aromatic rings. The number of anilines is 3. The van der Waals surface area contributed by atoms with E-state index in [1.807, 2.05) is 11.3 Å². The van der Waals surface area contributed by atoms with Crippen molar-refractivity contribution >= 4 is 48.6 Å². The number of fused-ring (bicyclic) bond motifs is 12. The zero-order valence-corrected chi connectivity index (χ0v) is 43.6. The number of rotatable bonds is 5. The van der Waals surface area contributed by atoms with Gasteiger partial charge in [-0.1, -0.05) is 209 Å². The average Bonchev–Trinajstić information content (AvgIpc) is 4.02. The van der Waals surface area contributed by atoms with Crippen molar-refractivity contribution in [2.24, 2.45) is 0 Å². The van der Waals surface area contributed by atoms with Gasteiger partial charge in [0.2, 0.25) is 0 Å². The molecular weight excluding hydrogens is 875 g/mol.